The monoisotopic (exact) mass is 411 g/mol. The predicted octanol–water partition coefficient (Wildman–Crippen LogP) is 5.20. The summed E-state index contributed by atoms with van der Waals surface area (Å²) in [6, 6.07) is 26.1. The zero-order valence-electron chi connectivity index (χ0n) is 17.5. The fourth-order valence-electron chi connectivity index (χ4n) is 3.49. The second kappa shape index (κ2) is 9.76. The van der Waals surface area contributed by atoms with Crippen LogP contribution >= 0.6 is 0 Å². The summed E-state index contributed by atoms with van der Waals surface area (Å²) >= 11 is 0. The fraction of sp³-hybridized carbons (Fsp3) is 0.154. The molecule has 0 aliphatic rings. The second-order valence-electron chi connectivity index (χ2n) is 7.42. The molecule has 0 saturated heterocycles. The summed E-state index contributed by atoms with van der Waals surface area (Å²) in [7, 11) is 0. The van der Waals surface area contributed by atoms with Crippen LogP contribution in [0, 0.1) is 0 Å². The third-order valence-electron chi connectivity index (χ3n) is 5.08. The summed E-state index contributed by atoms with van der Waals surface area (Å²) in [5, 5.41) is 0. The summed E-state index contributed by atoms with van der Waals surface area (Å²) in [6.07, 6.45) is 3.51. The van der Waals surface area contributed by atoms with E-state index in [0.29, 0.717) is 19.7 Å². The molecule has 5 heteroatoms. The van der Waals surface area contributed by atoms with E-state index in [0.717, 1.165) is 33.7 Å². The summed E-state index contributed by atoms with van der Waals surface area (Å²) in [5.41, 5.74) is 5.05. The lowest BCUT2D eigenvalue weighted by atomic mass is 10.1. The minimum Gasteiger partial charge on any atom is -0.488 e. The number of aromatic nitrogens is 2. The number of carbonyl (C=O) groups is 1. The second-order valence-corrected chi connectivity index (χ2v) is 7.42. The van der Waals surface area contributed by atoms with Gasteiger partial charge in [0.05, 0.1) is 12.0 Å². The third kappa shape index (κ3) is 5.39. The quantitative estimate of drug-likeness (QED) is 0.433. The lowest BCUT2D eigenvalue weighted by Gasteiger charge is -2.21. The fourth-order valence-corrected chi connectivity index (χ4v) is 3.49. The van der Waals surface area contributed by atoms with E-state index in [1.807, 2.05) is 83.9 Å². The van der Waals surface area contributed by atoms with Crippen molar-refractivity contribution in [3.05, 3.63) is 108 Å². The maximum absolute atomic E-state index is 12.2. The standard InChI is InChI=1S/C26H25N3O2/c1-20(30)29(16-21-8-3-2-4-9-21)17-22-10-7-11-23(14-22)18-31-26-13-6-5-12-24(26)25-15-27-19-28-25/h2-15,19H,16-18H2,1H3,(H,27,28). The van der Waals surface area contributed by atoms with Crippen LogP contribution in [0.1, 0.15) is 23.6 Å². The highest BCUT2D eigenvalue weighted by molar-refractivity contribution is 5.73. The van der Waals surface area contributed by atoms with Gasteiger partial charge in [-0.2, -0.15) is 0 Å². The molecule has 31 heavy (non-hydrogen) atoms. The van der Waals surface area contributed by atoms with E-state index in [1.54, 1.807) is 13.3 Å². The maximum atomic E-state index is 12.2. The van der Waals surface area contributed by atoms with Crippen LogP contribution in [0.15, 0.2) is 91.4 Å². The van der Waals surface area contributed by atoms with Crippen molar-refractivity contribution in [3.63, 3.8) is 0 Å². The molecule has 1 amide bonds. The zero-order chi connectivity index (χ0) is 21.5. The maximum Gasteiger partial charge on any atom is 0.220 e. The Balaban J connectivity index is 1.45. The van der Waals surface area contributed by atoms with Crippen molar-refractivity contribution in [2.45, 2.75) is 26.6 Å². The number of ether oxygens (including phenoxy) is 1. The van der Waals surface area contributed by atoms with Gasteiger partial charge < -0.3 is 14.6 Å². The minimum atomic E-state index is 0.0541. The molecule has 1 N–H and O–H groups in total. The average molecular weight is 412 g/mol. The normalized spacial score (nSPS) is 10.6. The number of hydrogen-bond donors (Lipinski definition) is 1. The minimum absolute atomic E-state index is 0.0541. The number of imidazole rings is 1. The van der Waals surface area contributed by atoms with E-state index in [2.05, 4.69) is 16.0 Å². The van der Waals surface area contributed by atoms with E-state index < -0.39 is 0 Å². The summed E-state index contributed by atoms with van der Waals surface area (Å²) in [4.78, 5) is 21.3. The smallest absolute Gasteiger partial charge is 0.220 e. The van der Waals surface area contributed by atoms with Gasteiger partial charge in [0, 0.05) is 31.8 Å². The van der Waals surface area contributed by atoms with Gasteiger partial charge in [-0.3, -0.25) is 4.79 Å². The van der Waals surface area contributed by atoms with Gasteiger partial charge in [0.1, 0.15) is 12.4 Å². The molecule has 4 aromatic rings. The van der Waals surface area contributed by atoms with Crippen molar-refractivity contribution in [2.75, 3.05) is 0 Å². The molecule has 0 aliphatic heterocycles. The van der Waals surface area contributed by atoms with Gasteiger partial charge in [-0.25, -0.2) is 4.98 Å². The van der Waals surface area contributed by atoms with Crippen molar-refractivity contribution >= 4 is 5.91 Å². The van der Waals surface area contributed by atoms with Gasteiger partial charge >= 0.3 is 0 Å². The molecule has 0 unspecified atom stereocenters. The summed E-state index contributed by atoms with van der Waals surface area (Å²) in [6.45, 7) is 3.20. The van der Waals surface area contributed by atoms with Crippen molar-refractivity contribution in [2.24, 2.45) is 0 Å². The van der Waals surface area contributed by atoms with Crippen molar-refractivity contribution < 1.29 is 9.53 Å². The first-order chi connectivity index (χ1) is 15.2. The van der Waals surface area contributed by atoms with E-state index in [1.165, 1.54) is 0 Å². The number of para-hydroxylation sites is 1. The van der Waals surface area contributed by atoms with Gasteiger partial charge in [0.15, 0.2) is 0 Å². The molecule has 0 fully saturated rings. The lowest BCUT2D eigenvalue weighted by molar-refractivity contribution is -0.130. The molecule has 156 valence electrons. The zero-order valence-corrected chi connectivity index (χ0v) is 17.5. The first-order valence-corrected chi connectivity index (χ1v) is 10.3. The molecular weight excluding hydrogens is 386 g/mol. The number of hydrogen-bond acceptors (Lipinski definition) is 3. The molecule has 0 saturated carbocycles. The Hall–Kier alpha value is -3.86. The highest BCUT2D eigenvalue weighted by Gasteiger charge is 2.11. The van der Waals surface area contributed by atoms with Crippen LogP contribution in [0.4, 0.5) is 0 Å². The van der Waals surface area contributed by atoms with Gasteiger partial charge in [-0.05, 0) is 28.8 Å². The number of nitrogens with zero attached hydrogens (tertiary/aromatic N) is 2. The number of nitrogens with one attached hydrogen (secondary N) is 1. The van der Waals surface area contributed by atoms with E-state index >= 15 is 0 Å². The largest absolute Gasteiger partial charge is 0.488 e. The van der Waals surface area contributed by atoms with Gasteiger partial charge in [-0.15, -0.1) is 0 Å². The molecular formula is C26H25N3O2. The number of amides is 1. The average Bonchev–Trinajstić information content (AvgIpc) is 3.33. The van der Waals surface area contributed by atoms with Crippen molar-refractivity contribution in [1.82, 2.24) is 14.9 Å². The van der Waals surface area contributed by atoms with Gasteiger partial charge in [-0.1, -0.05) is 66.7 Å². The molecule has 5 nitrogen and oxygen atoms in total. The number of aromatic amines is 1. The Bertz CT molecular complexity index is 1120. The Labute approximate surface area is 182 Å². The number of carbonyl (C=O) groups excluding carboxylic acids is 1. The molecule has 0 spiro atoms. The lowest BCUT2D eigenvalue weighted by Crippen LogP contribution is -2.27. The van der Waals surface area contributed by atoms with Crippen LogP contribution in [0.5, 0.6) is 5.75 Å². The summed E-state index contributed by atoms with van der Waals surface area (Å²) in [5.74, 6) is 0.841. The van der Waals surface area contributed by atoms with Crippen LogP contribution in [0.3, 0.4) is 0 Å². The number of H-pyrrole nitrogens is 1. The highest BCUT2D eigenvalue weighted by Crippen LogP contribution is 2.28. The van der Waals surface area contributed by atoms with Crippen molar-refractivity contribution in [1.29, 1.82) is 0 Å². The molecule has 4 rings (SSSR count). The molecule has 0 aliphatic carbocycles. The van der Waals surface area contributed by atoms with Crippen LogP contribution < -0.4 is 4.74 Å². The van der Waals surface area contributed by atoms with Crippen LogP contribution in [-0.2, 0) is 24.5 Å². The number of benzene rings is 3. The molecule has 0 bridgehead atoms. The van der Waals surface area contributed by atoms with Crippen LogP contribution in [-0.4, -0.2) is 20.8 Å². The Morgan fingerprint density at radius 1 is 0.903 bits per heavy atom. The van der Waals surface area contributed by atoms with Gasteiger partial charge in [0.2, 0.25) is 5.91 Å². The SMILES string of the molecule is CC(=O)N(Cc1ccccc1)Cc1cccc(COc2ccccc2-c2c[nH]cn2)c1. The Kier molecular flexibility index (Phi) is 6.43. The molecule has 3 aromatic carbocycles. The number of rotatable bonds is 8. The Morgan fingerprint density at radius 2 is 1.61 bits per heavy atom. The Morgan fingerprint density at radius 3 is 2.39 bits per heavy atom. The molecule has 1 heterocycles. The van der Waals surface area contributed by atoms with E-state index in [4.69, 9.17) is 4.74 Å². The van der Waals surface area contributed by atoms with Crippen LogP contribution in [0.2, 0.25) is 0 Å². The highest BCUT2D eigenvalue weighted by atomic mass is 16.5. The third-order valence-corrected chi connectivity index (χ3v) is 5.08. The topological polar surface area (TPSA) is 58.2 Å². The van der Waals surface area contributed by atoms with E-state index in [-0.39, 0.29) is 5.91 Å². The first-order valence-electron chi connectivity index (χ1n) is 10.3. The summed E-state index contributed by atoms with van der Waals surface area (Å²) < 4.78 is 6.12. The predicted molar refractivity (Wildman–Crippen MR) is 121 cm³/mol. The molecule has 1 aromatic heterocycles. The van der Waals surface area contributed by atoms with Crippen LogP contribution in [0.25, 0.3) is 11.3 Å². The van der Waals surface area contributed by atoms with E-state index in [9.17, 15) is 4.79 Å². The molecule has 0 radical (unpaired) electrons. The van der Waals surface area contributed by atoms with Crippen molar-refractivity contribution in [3.8, 4) is 17.0 Å². The van der Waals surface area contributed by atoms with Gasteiger partial charge in [0.25, 0.3) is 0 Å². The molecule has 0 atom stereocenters. The first kappa shape index (κ1) is 20.4.